The Morgan fingerprint density at radius 2 is 1.62 bits per heavy atom. The number of benzene rings is 3. The average molecular weight is 477 g/mol. The van der Waals surface area contributed by atoms with Crippen molar-refractivity contribution >= 4 is 23.4 Å². The fourth-order valence-electron chi connectivity index (χ4n) is 3.87. The molecule has 4 nitrogen and oxygen atoms in total. The molecule has 5 heteroatoms. The number of unbranched alkanes of at least 4 members (excludes halogenated alkanes) is 1. The Balaban J connectivity index is 1.93. The number of hydrogen-bond donors (Lipinski definition) is 1. The van der Waals surface area contributed by atoms with Gasteiger partial charge in [0.25, 0.3) is 0 Å². The van der Waals surface area contributed by atoms with Crippen LogP contribution < -0.4 is 5.32 Å². The number of amides is 2. The Morgan fingerprint density at radius 1 is 0.912 bits per heavy atom. The average Bonchev–Trinajstić information content (AvgIpc) is 2.83. The summed E-state index contributed by atoms with van der Waals surface area (Å²) in [6, 6.07) is 24.6. The van der Waals surface area contributed by atoms with Gasteiger partial charge in [0.05, 0.1) is 6.42 Å². The van der Waals surface area contributed by atoms with Gasteiger partial charge in [-0.2, -0.15) is 0 Å². The third-order valence-corrected chi connectivity index (χ3v) is 6.05. The molecule has 0 spiro atoms. The van der Waals surface area contributed by atoms with E-state index in [1.165, 1.54) is 0 Å². The van der Waals surface area contributed by atoms with Crippen LogP contribution >= 0.6 is 11.6 Å². The first-order valence-electron chi connectivity index (χ1n) is 11.9. The second-order valence-electron chi connectivity index (χ2n) is 8.66. The molecule has 3 rings (SSSR count). The van der Waals surface area contributed by atoms with E-state index in [0.717, 1.165) is 35.1 Å². The minimum atomic E-state index is -0.629. The molecule has 0 aliphatic heterocycles. The summed E-state index contributed by atoms with van der Waals surface area (Å²) in [4.78, 5) is 28.8. The Kier molecular flexibility index (Phi) is 9.72. The second-order valence-corrected chi connectivity index (χ2v) is 9.10. The van der Waals surface area contributed by atoms with Crippen LogP contribution in [0.1, 0.15) is 42.0 Å². The van der Waals surface area contributed by atoms with Crippen LogP contribution in [-0.4, -0.2) is 29.3 Å². The summed E-state index contributed by atoms with van der Waals surface area (Å²) >= 11 is 6.23. The molecule has 0 unspecified atom stereocenters. The summed E-state index contributed by atoms with van der Waals surface area (Å²) in [5.41, 5.74) is 3.97. The first-order valence-corrected chi connectivity index (χ1v) is 12.2. The van der Waals surface area contributed by atoms with Crippen LogP contribution in [0.5, 0.6) is 0 Å². The van der Waals surface area contributed by atoms with Crippen LogP contribution in [0.15, 0.2) is 78.9 Å². The van der Waals surface area contributed by atoms with E-state index < -0.39 is 6.04 Å². The molecule has 3 aromatic carbocycles. The zero-order valence-electron chi connectivity index (χ0n) is 20.0. The third-order valence-electron chi connectivity index (χ3n) is 5.82. The van der Waals surface area contributed by atoms with Crippen molar-refractivity contribution in [2.45, 2.75) is 52.1 Å². The molecule has 0 aromatic heterocycles. The molecule has 0 aliphatic rings. The van der Waals surface area contributed by atoms with Gasteiger partial charge in [0.1, 0.15) is 6.04 Å². The molecule has 3 aromatic rings. The summed E-state index contributed by atoms with van der Waals surface area (Å²) in [6.45, 7) is 5.01. The molecule has 34 heavy (non-hydrogen) atoms. The van der Waals surface area contributed by atoms with Crippen molar-refractivity contribution in [1.82, 2.24) is 10.2 Å². The van der Waals surface area contributed by atoms with Crippen molar-refractivity contribution in [2.24, 2.45) is 0 Å². The maximum atomic E-state index is 13.7. The van der Waals surface area contributed by atoms with Gasteiger partial charge in [0.2, 0.25) is 11.8 Å². The number of nitrogens with zero attached hydrogens (tertiary/aromatic N) is 1. The van der Waals surface area contributed by atoms with Crippen molar-refractivity contribution in [3.8, 4) is 0 Å². The van der Waals surface area contributed by atoms with Crippen molar-refractivity contribution < 1.29 is 9.59 Å². The number of nitrogens with one attached hydrogen (secondary N) is 1. The molecular weight excluding hydrogens is 444 g/mol. The van der Waals surface area contributed by atoms with Crippen molar-refractivity contribution in [3.05, 3.63) is 106 Å². The minimum Gasteiger partial charge on any atom is -0.354 e. The van der Waals surface area contributed by atoms with E-state index in [-0.39, 0.29) is 18.2 Å². The lowest BCUT2D eigenvalue weighted by atomic mass is 10.0. The van der Waals surface area contributed by atoms with Crippen LogP contribution in [-0.2, 0) is 29.0 Å². The number of rotatable bonds is 11. The standard InChI is InChI=1S/C29H33ClN2O2/c1-3-4-17-31-29(34)27(19-23-9-6-5-7-10-23)32(21-25-11-8-12-26(30)18-25)28(33)20-24-15-13-22(2)14-16-24/h5-16,18,27H,3-4,17,19-21H2,1-2H3,(H,31,34)/t27-/m1/s1. The summed E-state index contributed by atoms with van der Waals surface area (Å²) in [5, 5.41) is 3.66. The highest BCUT2D eigenvalue weighted by molar-refractivity contribution is 6.30. The SMILES string of the molecule is CCCCNC(=O)[C@@H](Cc1ccccc1)N(Cc1cccc(Cl)c1)C(=O)Cc1ccc(C)cc1. The lowest BCUT2D eigenvalue weighted by molar-refractivity contribution is -0.140. The Morgan fingerprint density at radius 3 is 2.29 bits per heavy atom. The van der Waals surface area contributed by atoms with Gasteiger partial charge in [-0.1, -0.05) is 97.2 Å². The van der Waals surface area contributed by atoms with Crippen LogP contribution in [0.25, 0.3) is 0 Å². The van der Waals surface area contributed by atoms with E-state index in [9.17, 15) is 9.59 Å². The van der Waals surface area contributed by atoms with Crippen LogP contribution in [0.3, 0.4) is 0 Å². The van der Waals surface area contributed by atoms with E-state index in [0.29, 0.717) is 24.5 Å². The molecule has 2 amide bonds. The van der Waals surface area contributed by atoms with Gasteiger partial charge in [-0.05, 0) is 42.2 Å². The van der Waals surface area contributed by atoms with Gasteiger partial charge in [0, 0.05) is 24.5 Å². The Hall–Kier alpha value is -3.11. The predicted octanol–water partition coefficient (Wildman–Crippen LogP) is 5.75. The topological polar surface area (TPSA) is 49.4 Å². The fraction of sp³-hybridized carbons (Fsp3) is 0.310. The van der Waals surface area contributed by atoms with E-state index in [4.69, 9.17) is 11.6 Å². The normalized spacial score (nSPS) is 11.6. The summed E-state index contributed by atoms with van der Waals surface area (Å²) in [7, 11) is 0. The Labute approximate surface area is 207 Å². The van der Waals surface area contributed by atoms with Crippen LogP contribution in [0.2, 0.25) is 5.02 Å². The largest absolute Gasteiger partial charge is 0.354 e. The highest BCUT2D eigenvalue weighted by Gasteiger charge is 2.30. The van der Waals surface area contributed by atoms with Gasteiger partial charge in [-0.3, -0.25) is 9.59 Å². The smallest absolute Gasteiger partial charge is 0.243 e. The molecular formula is C29H33ClN2O2. The van der Waals surface area contributed by atoms with Gasteiger partial charge < -0.3 is 10.2 Å². The highest BCUT2D eigenvalue weighted by atomic mass is 35.5. The summed E-state index contributed by atoms with van der Waals surface area (Å²) in [6.07, 6.45) is 2.56. The molecule has 1 N–H and O–H groups in total. The number of hydrogen-bond acceptors (Lipinski definition) is 2. The van der Waals surface area contributed by atoms with Crippen LogP contribution in [0, 0.1) is 6.92 Å². The second kappa shape index (κ2) is 13.0. The molecule has 0 radical (unpaired) electrons. The van der Waals surface area contributed by atoms with Crippen LogP contribution in [0.4, 0.5) is 0 Å². The molecule has 0 bridgehead atoms. The molecule has 0 saturated heterocycles. The number of carbonyl (C=O) groups is 2. The molecule has 0 saturated carbocycles. The zero-order chi connectivity index (χ0) is 24.3. The maximum absolute atomic E-state index is 13.7. The van der Waals surface area contributed by atoms with E-state index in [1.807, 2.05) is 85.8 Å². The lowest BCUT2D eigenvalue weighted by Gasteiger charge is -2.32. The van der Waals surface area contributed by atoms with Gasteiger partial charge in [-0.25, -0.2) is 0 Å². The van der Waals surface area contributed by atoms with Gasteiger partial charge >= 0.3 is 0 Å². The zero-order valence-corrected chi connectivity index (χ0v) is 20.7. The van der Waals surface area contributed by atoms with Crippen molar-refractivity contribution in [2.75, 3.05) is 6.54 Å². The molecule has 1 atom stereocenters. The van der Waals surface area contributed by atoms with E-state index in [1.54, 1.807) is 4.90 Å². The van der Waals surface area contributed by atoms with Gasteiger partial charge in [0.15, 0.2) is 0 Å². The minimum absolute atomic E-state index is 0.0876. The molecule has 0 fully saturated rings. The summed E-state index contributed by atoms with van der Waals surface area (Å²) < 4.78 is 0. The molecule has 0 heterocycles. The quantitative estimate of drug-likeness (QED) is 0.358. The fourth-order valence-corrected chi connectivity index (χ4v) is 4.09. The third kappa shape index (κ3) is 7.74. The molecule has 178 valence electrons. The first kappa shape index (κ1) is 25.5. The number of halogens is 1. The maximum Gasteiger partial charge on any atom is 0.243 e. The number of aryl methyl sites for hydroxylation is 1. The lowest BCUT2D eigenvalue weighted by Crippen LogP contribution is -2.51. The highest BCUT2D eigenvalue weighted by Crippen LogP contribution is 2.19. The first-order chi connectivity index (χ1) is 16.5. The Bertz CT molecular complexity index is 1070. The van der Waals surface area contributed by atoms with E-state index >= 15 is 0 Å². The molecule has 0 aliphatic carbocycles. The predicted molar refractivity (Wildman–Crippen MR) is 139 cm³/mol. The van der Waals surface area contributed by atoms with Gasteiger partial charge in [-0.15, -0.1) is 0 Å². The number of carbonyl (C=O) groups excluding carboxylic acids is 2. The van der Waals surface area contributed by atoms with Crippen molar-refractivity contribution in [1.29, 1.82) is 0 Å². The monoisotopic (exact) mass is 476 g/mol. The van der Waals surface area contributed by atoms with E-state index in [2.05, 4.69) is 12.2 Å². The van der Waals surface area contributed by atoms with Crippen molar-refractivity contribution in [3.63, 3.8) is 0 Å². The summed E-state index contributed by atoms with van der Waals surface area (Å²) in [5.74, 6) is -0.216.